The van der Waals surface area contributed by atoms with Crippen LogP contribution in [0.3, 0.4) is 0 Å². The molecule has 0 N–H and O–H groups in total. The maximum absolute atomic E-state index is 5.82. The maximum Gasteiger partial charge on any atom is 0.119 e. The molecule has 0 bridgehead atoms. The van der Waals surface area contributed by atoms with Gasteiger partial charge in [-0.25, -0.2) is 0 Å². The highest BCUT2D eigenvalue weighted by molar-refractivity contribution is 5.31. The van der Waals surface area contributed by atoms with Crippen molar-refractivity contribution in [3.8, 4) is 11.5 Å². The lowest BCUT2D eigenvalue weighted by Crippen LogP contribution is -2.33. The number of hydrogen-bond acceptors (Lipinski definition) is 3. The molecule has 0 atom stereocenters. The van der Waals surface area contributed by atoms with Gasteiger partial charge in [-0.3, -0.25) is 4.90 Å². The van der Waals surface area contributed by atoms with Crippen LogP contribution < -0.4 is 9.47 Å². The van der Waals surface area contributed by atoms with E-state index in [0.29, 0.717) is 0 Å². The summed E-state index contributed by atoms with van der Waals surface area (Å²) in [5, 5.41) is 0. The van der Waals surface area contributed by atoms with Gasteiger partial charge in [0, 0.05) is 6.54 Å². The average molecular weight is 305 g/mol. The first-order chi connectivity index (χ1) is 10.9. The fraction of sp³-hybridized carbons (Fsp3) is 0.684. The Kier molecular flexibility index (Phi) is 8.18. The Morgan fingerprint density at radius 3 is 2.09 bits per heavy atom. The Hall–Kier alpha value is -1.22. The van der Waals surface area contributed by atoms with Crippen molar-refractivity contribution in [1.29, 1.82) is 0 Å². The number of likely N-dealkylation sites (tertiary alicyclic amines) is 1. The fourth-order valence-electron chi connectivity index (χ4n) is 2.83. The highest BCUT2D eigenvalue weighted by atomic mass is 16.5. The van der Waals surface area contributed by atoms with Crippen molar-refractivity contribution in [2.24, 2.45) is 0 Å². The number of nitrogens with zero attached hydrogens (tertiary/aromatic N) is 1. The maximum atomic E-state index is 5.82. The number of benzene rings is 1. The van der Waals surface area contributed by atoms with Gasteiger partial charge in [-0.15, -0.1) is 0 Å². The van der Waals surface area contributed by atoms with E-state index in [-0.39, 0.29) is 0 Å². The Morgan fingerprint density at radius 2 is 1.45 bits per heavy atom. The predicted octanol–water partition coefficient (Wildman–Crippen LogP) is 4.51. The third kappa shape index (κ3) is 6.69. The number of rotatable bonds is 10. The molecule has 3 nitrogen and oxygen atoms in total. The second kappa shape index (κ2) is 10.5. The minimum absolute atomic E-state index is 0.775. The van der Waals surface area contributed by atoms with Crippen molar-refractivity contribution in [3.63, 3.8) is 0 Å². The van der Waals surface area contributed by atoms with Crippen LogP contribution in [-0.4, -0.2) is 37.7 Å². The Bertz CT molecular complexity index is 385. The quantitative estimate of drug-likeness (QED) is 0.594. The minimum Gasteiger partial charge on any atom is -0.494 e. The molecular formula is C19H31NO2. The van der Waals surface area contributed by atoms with E-state index in [2.05, 4.69) is 11.8 Å². The molecule has 1 aromatic carbocycles. The number of hydrogen-bond donors (Lipinski definition) is 0. The third-order valence-electron chi connectivity index (χ3n) is 4.22. The van der Waals surface area contributed by atoms with Crippen molar-refractivity contribution >= 4 is 0 Å². The van der Waals surface area contributed by atoms with Crippen LogP contribution in [0.25, 0.3) is 0 Å². The van der Waals surface area contributed by atoms with Crippen LogP contribution in [0.1, 0.15) is 51.9 Å². The van der Waals surface area contributed by atoms with Gasteiger partial charge in [0.05, 0.1) is 6.61 Å². The fourth-order valence-corrected chi connectivity index (χ4v) is 2.83. The molecule has 0 unspecified atom stereocenters. The van der Waals surface area contributed by atoms with E-state index < -0.39 is 0 Å². The van der Waals surface area contributed by atoms with Gasteiger partial charge in [0.15, 0.2) is 0 Å². The van der Waals surface area contributed by atoms with E-state index in [1.165, 1.54) is 51.6 Å². The second-order valence-electron chi connectivity index (χ2n) is 6.13. The molecule has 1 saturated heterocycles. The van der Waals surface area contributed by atoms with E-state index in [1.807, 2.05) is 24.3 Å². The summed E-state index contributed by atoms with van der Waals surface area (Å²) in [4.78, 5) is 2.50. The molecule has 1 aliphatic rings. The zero-order valence-corrected chi connectivity index (χ0v) is 14.1. The Morgan fingerprint density at radius 1 is 0.818 bits per heavy atom. The zero-order chi connectivity index (χ0) is 15.5. The van der Waals surface area contributed by atoms with Crippen LogP contribution in [-0.2, 0) is 0 Å². The van der Waals surface area contributed by atoms with Gasteiger partial charge >= 0.3 is 0 Å². The molecule has 0 saturated carbocycles. The van der Waals surface area contributed by atoms with E-state index >= 15 is 0 Å². The molecule has 0 spiro atoms. The molecule has 22 heavy (non-hydrogen) atoms. The Labute approximate surface area is 135 Å². The van der Waals surface area contributed by atoms with Crippen molar-refractivity contribution in [3.05, 3.63) is 24.3 Å². The van der Waals surface area contributed by atoms with Crippen LogP contribution in [0.4, 0.5) is 0 Å². The van der Waals surface area contributed by atoms with Crippen molar-refractivity contribution in [1.82, 2.24) is 4.90 Å². The SMILES string of the molecule is CCCCCCOc1ccc(OCCN2CCCCC2)cc1. The van der Waals surface area contributed by atoms with E-state index in [0.717, 1.165) is 37.7 Å². The van der Waals surface area contributed by atoms with Gasteiger partial charge in [0.2, 0.25) is 0 Å². The summed E-state index contributed by atoms with van der Waals surface area (Å²) in [6, 6.07) is 8.04. The lowest BCUT2D eigenvalue weighted by molar-refractivity contribution is 0.183. The van der Waals surface area contributed by atoms with E-state index in [4.69, 9.17) is 9.47 Å². The highest BCUT2D eigenvalue weighted by Gasteiger charge is 2.09. The summed E-state index contributed by atoms with van der Waals surface area (Å²) < 4.78 is 11.6. The first-order valence-corrected chi connectivity index (χ1v) is 8.96. The van der Waals surface area contributed by atoms with Crippen LogP contribution in [0.5, 0.6) is 11.5 Å². The second-order valence-corrected chi connectivity index (χ2v) is 6.13. The molecule has 1 fully saturated rings. The first kappa shape index (κ1) is 17.1. The lowest BCUT2D eigenvalue weighted by Gasteiger charge is -2.26. The largest absolute Gasteiger partial charge is 0.494 e. The summed E-state index contributed by atoms with van der Waals surface area (Å²) in [6.45, 7) is 7.31. The molecule has 0 aromatic heterocycles. The molecule has 1 heterocycles. The minimum atomic E-state index is 0.775. The van der Waals surface area contributed by atoms with Gasteiger partial charge in [-0.2, -0.15) is 0 Å². The van der Waals surface area contributed by atoms with E-state index in [1.54, 1.807) is 0 Å². The van der Waals surface area contributed by atoms with E-state index in [9.17, 15) is 0 Å². The zero-order valence-electron chi connectivity index (χ0n) is 14.1. The molecule has 2 rings (SSSR count). The number of ether oxygens (including phenoxy) is 2. The summed E-state index contributed by atoms with van der Waals surface area (Å²) in [5.74, 6) is 1.88. The van der Waals surface area contributed by atoms with Gasteiger partial charge in [0.25, 0.3) is 0 Å². The molecular weight excluding hydrogens is 274 g/mol. The topological polar surface area (TPSA) is 21.7 Å². The van der Waals surface area contributed by atoms with Crippen LogP contribution in [0.2, 0.25) is 0 Å². The molecule has 124 valence electrons. The monoisotopic (exact) mass is 305 g/mol. The van der Waals surface area contributed by atoms with Crippen LogP contribution >= 0.6 is 0 Å². The smallest absolute Gasteiger partial charge is 0.119 e. The number of piperidine rings is 1. The summed E-state index contributed by atoms with van der Waals surface area (Å²) in [5.41, 5.74) is 0. The van der Waals surface area contributed by atoms with Crippen LogP contribution in [0.15, 0.2) is 24.3 Å². The van der Waals surface area contributed by atoms with Gasteiger partial charge < -0.3 is 9.47 Å². The molecule has 1 aromatic rings. The summed E-state index contributed by atoms with van der Waals surface area (Å²) in [6.07, 6.45) is 9.03. The van der Waals surface area contributed by atoms with Crippen molar-refractivity contribution in [2.45, 2.75) is 51.9 Å². The van der Waals surface area contributed by atoms with Crippen molar-refractivity contribution < 1.29 is 9.47 Å². The van der Waals surface area contributed by atoms with Crippen LogP contribution in [0, 0.1) is 0 Å². The van der Waals surface area contributed by atoms with Gasteiger partial charge in [-0.05, 0) is 56.6 Å². The number of unbranched alkanes of at least 4 members (excludes halogenated alkanes) is 3. The average Bonchev–Trinajstić information content (AvgIpc) is 2.57. The predicted molar refractivity (Wildman–Crippen MR) is 91.9 cm³/mol. The molecule has 1 aliphatic heterocycles. The summed E-state index contributed by atoms with van der Waals surface area (Å²) >= 11 is 0. The highest BCUT2D eigenvalue weighted by Crippen LogP contribution is 2.18. The summed E-state index contributed by atoms with van der Waals surface area (Å²) in [7, 11) is 0. The molecule has 3 heteroatoms. The standard InChI is InChI=1S/C19H31NO2/c1-2-3-4-8-16-21-18-9-11-19(12-10-18)22-17-15-20-13-6-5-7-14-20/h9-12H,2-8,13-17H2,1H3. The molecule has 0 amide bonds. The molecule has 0 aliphatic carbocycles. The normalized spacial score (nSPS) is 15.7. The third-order valence-corrected chi connectivity index (χ3v) is 4.22. The van der Waals surface area contributed by atoms with Gasteiger partial charge in [-0.1, -0.05) is 32.6 Å². The Balaban J connectivity index is 1.59. The van der Waals surface area contributed by atoms with Crippen molar-refractivity contribution in [2.75, 3.05) is 32.8 Å². The van der Waals surface area contributed by atoms with Gasteiger partial charge in [0.1, 0.15) is 18.1 Å². The first-order valence-electron chi connectivity index (χ1n) is 8.96. The lowest BCUT2D eigenvalue weighted by atomic mass is 10.1. The molecule has 0 radical (unpaired) electrons.